The molecule has 20 heteroatoms. The van der Waals surface area contributed by atoms with Crippen LogP contribution < -0.4 is 0 Å². The summed E-state index contributed by atoms with van der Waals surface area (Å²) in [6.45, 7) is 3.25. The first-order chi connectivity index (χ1) is 18.9. The minimum Gasteiger partial charge on any atom is -0.481 e. The molecule has 0 bridgehead atoms. The quantitative estimate of drug-likeness (QED) is 0.123. The first kappa shape index (κ1) is 58.2. The highest BCUT2D eigenvalue weighted by molar-refractivity contribution is 5.64. The third-order valence-corrected chi connectivity index (χ3v) is 2.68. The molecule has 0 radical (unpaired) electrons. The van der Waals surface area contributed by atoms with Crippen molar-refractivity contribution >= 4 is 35.8 Å². The van der Waals surface area contributed by atoms with Crippen LogP contribution in [0.3, 0.4) is 0 Å². The number of hydrogen-bond acceptors (Lipinski definition) is 14. The number of aliphatic hydroxyl groups excluding tert-OH is 8. The molecule has 0 rings (SSSR count). The predicted molar refractivity (Wildman–Crippen MR) is 141 cm³/mol. The van der Waals surface area contributed by atoms with Gasteiger partial charge in [0, 0.05) is 41.5 Å². The number of aliphatic carboxylic acids is 6. The van der Waals surface area contributed by atoms with Gasteiger partial charge in [-0.3, -0.25) is 28.8 Å². The second-order valence-electron chi connectivity index (χ2n) is 7.38. The zero-order valence-corrected chi connectivity index (χ0v) is 24.4. The van der Waals surface area contributed by atoms with Crippen LogP contribution in [-0.2, 0) is 28.8 Å². The predicted octanol–water partition coefficient (Wildman–Crippen LogP) is -3.57. The number of rotatable bonds is 8. The fourth-order valence-electron chi connectivity index (χ4n) is 0.600. The molecule has 0 spiro atoms. The Bertz CT molecular complexity index is 484. The van der Waals surface area contributed by atoms with Crippen molar-refractivity contribution in [2.75, 3.05) is 52.9 Å². The van der Waals surface area contributed by atoms with Crippen LogP contribution in [0.15, 0.2) is 0 Å². The van der Waals surface area contributed by atoms with Gasteiger partial charge in [-0.05, 0) is 0 Å². The molecule has 0 saturated heterocycles. The number of carboxylic acids is 6. The molecule has 0 heterocycles. The monoisotopic (exact) mass is 632 g/mol. The van der Waals surface area contributed by atoms with Crippen LogP contribution in [0.5, 0.6) is 0 Å². The van der Waals surface area contributed by atoms with Crippen molar-refractivity contribution in [3.05, 3.63) is 0 Å². The van der Waals surface area contributed by atoms with Gasteiger partial charge in [0.25, 0.3) is 35.8 Å². The van der Waals surface area contributed by atoms with Crippen molar-refractivity contribution < 1.29 is 100 Å². The second kappa shape index (κ2) is 42.0. The van der Waals surface area contributed by atoms with Crippen molar-refractivity contribution in [2.24, 2.45) is 10.8 Å². The summed E-state index contributed by atoms with van der Waals surface area (Å²) in [7, 11) is 0. The molecule has 0 aliphatic rings. The van der Waals surface area contributed by atoms with Gasteiger partial charge >= 0.3 is 0 Å². The molecule has 256 valence electrons. The summed E-state index contributed by atoms with van der Waals surface area (Å²) < 4.78 is 0. The van der Waals surface area contributed by atoms with Gasteiger partial charge in [-0.2, -0.15) is 0 Å². The first-order valence-electron chi connectivity index (χ1n) is 10.9. The van der Waals surface area contributed by atoms with Crippen LogP contribution in [-0.4, -0.2) is 160 Å². The van der Waals surface area contributed by atoms with E-state index in [1.165, 1.54) is 0 Å². The fraction of sp³-hybridized carbons (Fsp3) is 0.727. The van der Waals surface area contributed by atoms with Crippen LogP contribution in [0, 0.1) is 10.8 Å². The second-order valence-corrected chi connectivity index (χ2v) is 7.38. The molecular formula is C22H48O20. The van der Waals surface area contributed by atoms with E-state index >= 15 is 0 Å². The highest BCUT2D eigenvalue weighted by Gasteiger charge is 2.27. The Morgan fingerprint density at radius 3 is 0.357 bits per heavy atom. The van der Waals surface area contributed by atoms with E-state index in [0.29, 0.717) is 0 Å². The molecule has 14 N–H and O–H groups in total. The Hall–Kier alpha value is -3.50. The maximum Gasteiger partial charge on any atom is 0.300 e. The van der Waals surface area contributed by atoms with Crippen LogP contribution in [0.1, 0.15) is 41.5 Å². The maximum atomic E-state index is 9.00. The topological polar surface area (TPSA) is 386 Å². The van der Waals surface area contributed by atoms with Gasteiger partial charge in [-0.1, -0.05) is 0 Å². The van der Waals surface area contributed by atoms with Gasteiger partial charge in [0.2, 0.25) is 0 Å². The van der Waals surface area contributed by atoms with Crippen molar-refractivity contribution in [1.82, 2.24) is 0 Å². The molecule has 0 unspecified atom stereocenters. The minimum atomic E-state index is -1.11. The molecule has 0 fully saturated rings. The van der Waals surface area contributed by atoms with Crippen molar-refractivity contribution in [3.8, 4) is 0 Å². The zero-order valence-electron chi connectivity index (χ0n) is 24.4. The average Bonchev–Trinajstić information content (AvgIpc) is 2.81. The lowest BCUT2D eigenvalue weighted by molar-refractivity contribution is -0.135. The summed E-state index contributed by atoms with van der Waals surface area (Å²) in [4.78, 5) is 54.0. The summed E-state index contributed by atoms with van der Waals surface area (Å²) in [6.07, 6.45) is 0. The summed E-state index contributed by atoms with van der Waals surface area (Å²) in [5.74, 6) is -5.00. The molecule has 0 aliphatic heterocycles. The number of hydrogen-bond donors (Lipinski definition) is 14. The molecule has 0 aromatic carbocycles. The van der Waals surface area contributed by atoms with Crippen molar-refractivity contribution in [2.45, 2.75) is 41.5 Å². The van der Waals surface area contributed by atoms with Gasteiger partial charge in [-0.15, -0.1) is 0 Å². The largest absolute Gasteiger partial charge is 0.481 e. The molecule has 0 atom stereocenters. The van der Waals surface area contributed by atoms with Gasteiger partial charge in [-0.25, -0.2) is 0 Å². The van der Waals surface area contributed by atoms with Crippen LogP contribution in [0.25, 0.3) is 0 Å². The van der Waals surface area contributed by atoms with Crippen LogP contribution in [0.2, 0.25) is 0 Å². The minimum absolute atomic E-state index is 0.406. The van der Waals surface area contributed by atoms with Gasteiger partial charge < -0.3 is 71.5 Å². The zero-order chi connectivity index (χ0) is 36.1. The fourth-order valence-corrected chi connectivity index (χ4v) is 0.600. The van der Waals surface area contributed by atoms with E-state index in [-0.39, 0.29) is 0 Å². The van der Waals surface area contributed by atoms with E-state index in [1.54, 1.807) is 0 Å². The number of aliphatic hydroxyl groups is 8. The Balaban J connectivity index is -0.0000000543. The Kier molecular flexibility index (Phi) is 58.2. The lowest BCUT2D eigenvalue weighted by atomic mass is 9.93. The van der Waals surface area contributed by atoms with E-state index in [1.807, 2.05) is 0 Å². The van der Waals surface area contributed by atoms with Gasteiger partial charge in [0.05, 0.1) is 63.7 Å². The molecule has 0 aromatic rings. The van der Waals surface area contributed by atoms with E-state index < -0.39 is 99.5 Å². The molecule has 42 heavy (non-hydrogen) atoms. The highest BCUT2D eigenvalue weighted by atomic mass is 16.4. The molecule has 0 aromatic heterocycles. The smallest absolute Gasteiger partial charge is 0.300 e. The van der Waals surface area contributed by atoms with E-state index in [9.17, 15) is 0 Å². The van der Waals surface area contributed by atoms with Crippen molar-refractivity contribution in [3.63, 3.8) is 0 Å². The van der Waals surface area contributed by atoms with Crippen LogP contribution in [0.4, 0.5) is 0 Å². The van der Waals surface area contributed by atoms with E-state index in [0.717, 1.165) is 41.5 Å². The Morgan fingerprint density at radius 1 is 0.310 bits per heavy atom. The van der Waals surface area contributed by atoms with E-state index in [4.69, 9.17) is 100 Å². The van der Waals surface area contributed by atoms with E-state index in [2.05, 4.69) is 0 Å². The normalized spacial score (nSPS) is 8.71. The lowest BCUT2D eigenvalue weighted by Crippen LogP contribution is -2.37. The SMILES string of the molecule is CC(=O)O.CC(=O)O.CC(=O)O.CC(=O)O.CC(=O)O.CC(=O)O.OCC(CO)(CO)CO.OCC(CO)(CO)CO. The molecule has 0 aliphatic carbocycles. The lowest BCUT2D eigenvalue weighted by Gasteiger charge is -2.23. The number of carbonyl (C=O) groups is 6. The summed E-state index contributed by atoms with van der Waals surface area (Å²) in [5, 5.41) is 112. The first-order valence-corrected chi connectivity index (χ1v) is 10.9. The van der Waals surface area contributed by atoms with Crippen molar-refractivity contribution in [1.29, 1.82) is 0 Å². The van der Waals surface area contributed by atoms with Crippen LogP contribution >= 0.6 is 0 Å². The average molecular weight is 633 g/mol. The summed E-state index contributed by atoms with van der Waals surface area (Å²) in [6, 6.07) is 0. The molecule has 0 amide bonds. The molecule has 0 saturated carbocycles. The van der Waals surface area contributed by atoms with Gasteiger partial charge in [0.15, 0.2) is 0 Å². The Labute approximate surface area is 242 Å². The highest BCUT2D eigenvalue weighted by Crippen LogP contribution is 2.12. The molecular weight excluding hydrogens is 584 g/mol. The third-order valence-electron chi connectivity index (χ3n) is 2.68. The summed E-state index contributed by atoms with van der Waals surface area (Å²) in [5.41, 5.74) is -2.22. The third kappa shape index (κ3) is 109. The number of carboxylic acid groups (broad SMARTS) is 6. The standard InChI is InChI=1S/2C5H12O4.6C2H4O2/c2*6-1-5(2-7,3-8)4-9;6*1-2(3)4/h2*6-9H,1-4H2;6*1H3,(H,3,4). The Morgan fingerprint density at radius 2 is 0.357 bits per heavy atom. The maximum absolute atomic E-state index is 9.00. The summed E-state index contributed by atoms with van der Waals surface area (Å²) >= 11 is 0. The molecule has 20 nitrogen and oxygen atoms in total. The van der Waals surface area contributed by atoms with Gasteiger partial charge in [0.1, 0.15) is 0 Å².